The number of fused-ring (bicyclic) bond motifs is 4. The minimum absolute atomic E-state index is 0.132. The first-order valence-corrected chi connectivity index (χ1v) is 12.2. The standard InChI is InChI=1S/C23H17ClF3N7O2S/c1-10-17-20-30-19(32-33(20)9-28-21(17)37-18(10)22(35)36-2)14-8-16-29-13(11-3-5-12(24)6-4-11)7-15(23(25,26)27)34(16)31-14/h3-6,8-9,13,15,29H,7H2,1-2H3/t13-,15+/m1/s1. The van der Waals surface area contributed by atoms with Crippen molar-refractivity contribution in [2.24, 2.45) is 0 Å². The summed E-state index contributed by atoms with van der Waals surface area (Å²) in [5.74, 6) is -0.155. The second kappa shape index (κ2) is 8.42. The molecule has 0 fully saturated rings. The number of anilines is 1. The van der Waals surface area contributed by atoms with E-state index in [0.29, 0.717) is 36.9 Å². The maximum Gasteiger partial charge on any atom is 0.410 e. The third-order valence-electron chi connectivity index (χ3n) is 6.33. The number of halogens is 4. The highest BCUT2D eigenvalue weighted by atomic mass is 35.5. The van der Waals surface area contributed by atoms with Crippen LogP contribution < -0.4 is 5.32 Å². The average molecular weight is 548 g/mol. The fourth-order valence-electron chi connectivity index (χ4n) is 4.53. The second-order valence-corrected chi connectivity index (χ2v) is 10.0. The summed E-state index contributed by atoms with van der Waals surface area (Å²) in [5.41, 5.74) is 1.90. The molecule has 1 aliphatic heterocycles. The molecule has 0 saturated carbocycles. The molecular formula is C23H17ClF3N7O2S. The Morgan fingerprint density at radius 3 is 2.70 bits per heavy atom. The molecule has 0 bridgehead atoms. The van der Waals surface area contributed by atoms with E-state index < -0.39 is 24.2 Å². The van der Waals surface area contributed by atoms with Crippen LogP contribution in [0.4, 0.5) is 19.0 Å². The van der Waals surface area contributed by atoms with Crippen LogP contribution >= 0.6 is 22.9 Å². The van der Waals surface area contributed by atoms with E-state index in [1.54, 1.807) is 31.2 Å². The lowest BCUT2D eigenvalue weighted by Gasteiger charge is -2.33. The number of carbonyl (C=O) groups excluding carboxylic acids is 1. The molecule has 4 aromatic heterocycles. The van der Waals surface area contributed by atoms with Gasteiger partial charge < -0.3 is 10.1 Å². The molecule has 37 heavy (non-hydrogen) atoms. The quantitative estimate of drug-likeness (QED) is 0.293. The van der Waals surface area contributed by atoms with Gasteiger partial charge in [0.1, 0.15) is 27.5 Å². The molecule has 0 spiro atoms. The van der Waals surface area contributed by atoms with Crippen LogP contribution in [0.15, 0.2) is 36.7 Å². The van der Waals surface area contributed by atoms with E-state index in [1.165, 1.54) is 35.4 Å². The molecule has 5 heterocycles. The first-order chi connectivity index (χ1) is 17.6. The summed E-state index contributed by atoms with van der Waals surface area (Å²) in [6.07, 6.45) is -3.33. The number of alkyl halides is 3. The van der Waals surface area contributed by atoms with Crippen LogP contribution in [0.5, 0.6) is 0 Å². The van der Waals surface area contributed by atoms with Crippen molar-refractivity contribution in [1.82, 2.24) is 29.4 Å². The predicted octanol–water partition coefficient (Wildman–Crippen LogP) is 5.61. The van der Waals surface area contributed by atoms with Crippen molar-refractivity contribution in [2.45, 2.75) is 31.6 Å². The zero-order valence-corrected chi connectivity index (χ0v) is 20.8. The molecule has 2 atom stereocenters. The van der Waals surface area contributed by atoms with Gasteiger partial charge in [0.15, 0.2) is 11.7 Å². The van der Waals surface area contributed by atoms with E-state index in [0.717, 1.165) is 4.68 Å². The summed E-state index contributed by atoms with van der Waals surface area (Å²) in [6.45, 7) is 1.76. The van der Waals surface area contributed by atoms with Crippen LogP contribution in [0.3, 0.4) is 0 Å². The normalized spacial score (nSPS) is 17.7. The minimum Gasteiger partial charge on any atom is -0.465 e. The number of aromatic nitrogens is 6. The maximum absolute atomic E-state index is 14.1. The number of carbonyl (C=O) groups is 1. The Morgan fingerprint density at radius 1 is 1.24 bits per heavy atom. The van der Waals surface area contributed by atoms with Gasteiger partial charge in [0, 0.05) is 17.5 Å². The van der Waals surface area contributed by atoms with Crippen molar-refractivity contribution < 1.29 is 22.7 Å². The number of esters is 1. The monoisotopic (exact) mass is 547 g/mol. The number of methoxy groups -OCH3 is 1. The lowest BCUT2D eigenvalue weighted by molar-refractivity contribution is -0.173. The third kappa shape index (κ3) is 3.89. The summed E-state index contributed by atoms with van der Waals surface area (Å²) < 4.78 is 49.4. The number of rotatable bonds is 3. The lowest BCUT2D eigenvalue weighted by Crippen LogP contribution is -2.35. The van der Waals surface area contributed by atoms with Crippen LogP contribution in [0.1, 0.15) is 39.3 Å². The second-order valence-electron chi connectivity index (χ2n) is 8.58. The molecule has 190 valence electrons. The fourth-order valence-corrected chi connectivity index (χ4v) is 5.71. The van der Waals surface area contributed by atoms with Crippen LogP contribution in [0.2, 0.25) is 5.02 Å². The van der Waals surface area contributed by atoms with Gasteiger partial charge in [0.2, 0.25) is 5.82 Å². The van der Waals surface area contributed by atoms with Crippen molar-refractivity contribution in [1.29, 1.82) is 0 Å². The number of aryl methyl sites for hydroxylation is 1. The number of benzene rings is 1. The van der Waals surface area contributed by atoms with Gasteiger partial charge in [-0.25, -0.2) is 24.0 Å². The lowest BCUT2D eigenvalue weighted by atomic mass is 9.97. The van der Waals surface area contributed by atoms with Gasteiger partial charge in [-0.05, 0) is 30.2 Å². The Bertz CT molecular complexity index is 1680. The van der Waals surface area contributed by atoms with E-state index in [-0.39, 0.29) is 23.8 Å². The van der Waals surface area contributed by atoms with Gasteiger partial charge >= 0.3 is 12.1 Å². The topological polar surface area (TPSA) is 99.2 Å². The highest BCUT2D eigenvalue weighted by molar-refractivity contribution is 7.20. The Hall–Kier alpha value is -3.71. The van der Waals surface area contributed by atoms with Crippen molar-refractivity contribution in [2.75, 3.05) is 12.4 Å². The smallest absolute Gasteiger partial charge is 0.410 e. The molecule has 14 heteroatoms. The number of nitrogens with zero attached hydrogens (tertiary/aromatic N) is 6. The van der Waals surface area contributed by atoms with Crippen molar-refractivity contribution >= 4 is 50.6 Å². The fraction of sp³-hybridized carbons (Fsp3) is 0.261. The third-order valence-corrected chi connectivity index (χ3v) is 7.76. The van der Waals surface area contributed by atoms with Gasteiger partial charge in [-0.15, -0.1) is 16.4 Å². The van der Waals surface area contributed by atoms with Gasteiger partial charge in [-0.1, -0.05) is 23.7 Å². The van der Waals surface area contributed by atoms with E-state index in [1.807, 2.05) is 0 Å². The minimum atomic E-state index is -4.52. The van der Waals surface area contributed by atoms with Crippen LogP contribution in [0, 0.1) is 6.92 Å². The van der Waals surface area contributed by atoms with Crippen molar-refractivity contribution in [3.63, 3.8) is 0 Å². The first kappa shape index (κ1) is 23.7. The molecule has 0 aliphatic carbocycles. The zero-order chi connectivity index (χ0) is 26.1. The number of hydrogen-bond donors (Lipinski definition) is 1. The molecule has 0 radical (unpaired) electrons. The van der Waals surface area contributed by atoms with Gasteiger partial charge in [0.05, 0.1) is 18.5 Å². The molecule has 1 N–H and O–H groups in total. The highest BCUT2D eigenvalue weighted by Crippen LogP contribution is 2.44. The van der Waals surface area contributed by atoms with Gasteiger partial charge in [-0.2, -0.15) is 18.3 Å². The van der Waals surface area contributed by atoms with Gasteiger partial charge in [0.25, 0.3) is 0 Å². The van der Waals surface area contributed by atoms with Gasteiger partial charge in [-0.3, -0.25) is 0 Å². The van der Waals surface area contributed by atoms with E-state index in [4.69, 9.17) is 16.3 Å². The predicted molar refractivity (Wildman–Crippen MR) is 131 cm³/mol. The Morgan fingerprint density at radius 2 is 2.00 bits per heavy atom. The molecule has 6 rings (SSSR count). The molecule has 1 aliphatic rings. The van der Waals surface area contributed by atoms with Crippen molar-refractivity contribution in [3.05, 3.63) is 57.7 Å². The molecule has 0 amide bonds. The SMILES string of the molecule is COC(=O)c1sc2ncn3nc(-c4cc5n(n4)[C@H](C(F)(F)F)C[C@H](c4ccc(Cl)cc4)N5)nc3c2c1C. The molecule has 5 aromatic rings. The van der Waals surface area contributed by atoms with Crippen LogP contribution in [-0.2, 0) is 4.74 Å². The zero-order valence-electron chi connectivity index (χ0n) is 19.2. The molecule has 1 aromatic carbocycles. The Labute approximate surface area is 215 Å². The number of thiophene rings is 1. The summed E-state index contributed by atoms with van der Waals surface area (Å²) in [7, 11) is 1.30. The van der Waals surface area contributed by atoms with E-state index in [9.17, 15) is 18.0 Å². The molecule has 9 nitrogen and oxygen atoms in total. The number of nitrogens with one attached hydrogen (secondary N) is 1. The van der Waals surface area contributed by atoms with Crippen LogP contribution in [0.25, 0.3) is 27.4 Å². The molecule has 0 unspecified atom stereocenters. The van der Waals surface area contributed by atoms with Crippen LogP contribution in [-0.4, -0.2) is 48.6 Å². The molecular weight excluding hydrogens is 531 g/mol. The summed E-state index contributed by atoms with van der Waals surface area (Å²) in [5, 5.41) is 12.9. The molecule has 0 saturated heterocycles. The van der Waals surface area contributed by atoms with E-state index in [2.05, 4.69) is 25.5 Å². The average Bonchev–Trinajstić information content (AvgIpc) is 3.57. The maximum atomic E-state index is 14.1. The Kier molecular flexibility index (Phi) is 5.38. The Balaban J connectivity index is 1.44. The summed E-state index contributed by atoms with van der Waals surface area (Å²) in [4.78, 5) is 22.0. The summed E-state index contributed by atoms with van der Waals surface area (Å²) in [6, 6.07) is 5.76. The van der Waals surface area contributed by atoms with Crippen molar-refractivity contribution in [3.8, 4) is 11.5 Å². The van der Waals surface area contributed by atoms with E-state index >= 15 is 0 Å². The highest BCUT2D eigenvalue weighted by Gasteiger charge is 2.46. The largest absolute Gasteiger partial charge is 0.465 e. The first-order valence-electron chi connectivity index (χ1n) is 11.1. The number of hydrogen-bond acceptors (Lipinski definition) is 8. The summed E-state index contributed by atoms with van der Waals surface area (Å²) >= 11 is 7.12. The number of ether oxygens (including phenoxy) is 1.